The van der Waals surface area contributed by atoms with E-state index in [1.807, 2.05) is 20.8 Å². The van der Waals surface area contributed by atoms with Crippen molar-refractivity contribution in [3.05, 3.63) is 11.6 Å². The SMILES string of the molecule is CSc1nnc(NC(C)(C)C)cc1C(=O)O. The van der Waals surface area contributed by atoms with Crippen LogP contribution in [0, 0.1) is 0 Å². The van der Waals surface area contributed by atoms with E-state index >= 15 is 0 Å². The van der Waals surface area contributed by atoms with E-state index in [0.29, 0.717) is 10.8 Å². The zero-order chi connectivity index (χ0) is 12.3. The van der Waals surface area contributed by atoms with Crippen LogP contribution in [0.15, 0.2) is 11.1 Å². The van der Waals surface area contributed by atoms with Crippen molar-refractivity contribution < 1.29 is 9.90 Å². The molecule has 0 aliphatic rings. The van der Waals surface area contributed by atoms with Crippen molar-refractivity contribution in [3.63, 3.8) is 0 Å². The summed E-state index contributed by atoms with van der Waals surface area (Å²) in [6.07, 6.45) is 1.77. The molecule has 5 nitrogen and oxygen atoms in total. The number of aromatic nitrogens is 2. The highest BCUT2D eigenvalue weighted by atomic mass is 32.2. The molecule has 0 aliphatic heterocycles. The summed E-state index contributed by atoms with van der Waals surface area (Å²) in [5.74, 6) is -0.515. The molecule has 1 aromatic rings. The van der Waals surface area contributed by atoms with Crippen molar-refractivity contribution in [2.24, 2.45) is 0 Å². The van der Waals surface area contributed by atoms with Gasteiger partial charge in [0.2, 0.25) is 0 Å². The number of hydrogen-bond donors (Lipinski definition) is 2. The average molecular weight is 241 g/mol. The lowest BCUT2D eigenvalue weighted by Crippen LogP contribution is -2.27. The highest BCUT2D eigenvalue weighted by molar-refractivity contribution is 7.98. The van der Waals surface area contributed by atoms with Crippen molar-refractivity contribution in [3.8, 4) is 0 Å². The molecule has 0 radical (unpaired) electrons. The number of aromatic carboxylic acids is 1. The van der Waals surface area contributed by atoms with Crippen LogP contribution in [0.2, 0.25) is 0 Å². The van der Waals surface area contributed by atoms with Crippen molar-refractivity contribution in [2.75, 3.05) is 11.6 Å². The monoisotopic (exact) mass is 241 g/mol. The zero-order valence-corrected chi connectivity index (χ0v) is 10.6. The number of carbonyl (C=O) groups is 1. The van der Waals surface area contributed by atoms with Gasteiger partial charge in [-0.3, -0.25) is 0 Å². The minimum atomic E-state index is -0.990. The molecule has 0 atom stereocenters. The lowest BCUT2D eigenvalue weighted by Gasteiger charge is -2.21. The van der Waals surface area contributed by atoms with E-state index < -0.39 is 5.97 Å². The molecule has 0 spiro atoms. The summed E-state index contributed by atoms with van der Waals surface area (Å²) in [4.78, 5) is 11.0. The largest absolute Gasteiger partial charge is 0.478 e. The lowest BCUT2D eigenvalue weighted by molar-refractivity contribution is 0.0692. The molecule has 1 rings (SSSR count). The van der Waals surface area contributed by atoms with Crippen molar-refractivity contribution >= 4 is 23.5 Å². The topological polar surface area (TPSA) is 75.1 Å². The highest BCUT2D eigenvalue weighted by Gasteiger charge is 2.16. The second-order valence-corrected chi connectivity index (χ2v) is 5.13. The molecule has 0 aromatic carbocycles. The van der Waals surface area contributed by atoms with Crippen LogP contribution in [0.3, 0.4) is 0 Å². The Hall–Kier alpha value is -1.30. The van der Waals surface area contributed by atoms with Gasteiger partial charge in [-0.25, -0.2) is 4.79 Å². The van der Waals surface area contributed by atoms with Gasteiger partial charge in [0, 0.05) is 5.54 Å². The number of rotatable bonds is 3. The van der Waals surface area contributed by atoms with E-state index in [2.05, 4.69) is 15.5 Å². The molecule has 0 bridgehead atoms. The van der Waals surface area contributed by atoms with Crippen molar-refractivity contribution in [1.82, 2.24) is 10.2 Å². The molecule has 2 N–H and O–H groups in total. The molecule has 0 amide bonds. The van der Waals surface area contributed by atoms with Crippen LogP contribution in [0.4, 0.5) is 5.82 Å². The summed E-state index contributed by atoms with van der Waals surface area (Å²) in [5.41, 5.74) is -0.0000389. The number of hydrogen-bond acceptors (Lipinski definition) is 5. The molecule has 0 saturated carbocycles. The van der Waals surface area contributed by atoms with Crippen molar-refractivity contribution in [1.29, 1.82) is 0 Å². The Kier molecular flexibility index (Phi) is 3.74. The molecule has 6 heteroatoms. The Morgan fingerprint density at radius 3 is 2.50 bits per heavy atom. The smallest absolute Gasteiger partial charge is 0.338 e. The molecule has 1 aromatic heterocycles. The summed E-state index contributed by atoms with van der Waals surface area (Å²) in [6.45, 7) is 5.91. The van der Waals surface area contributed by atoms with Gasteiger partial charge in [-0.2, -0.15) is 0 Å². The molecule has 88 valence electrons. The predicted octanol–water partition coefficient (Wildman–Crippen LogP) is 2.11. The maximum absolute atomic E-state index is 11.0. The van der Waals surface area contributed by atoms with E-state index in [1.54, 1.807) is 6.26 Å². The zero-order valence-electron chi connectivity index (χ0n) is 9.74. The Morgan fingerprint density at radius 2 is 2.06 bits per heavy atom. The van der Waals surface area contributed by atoms with E-state index in [1.165, 1.54) is 17.8 Å². The van der Waals surface area contributed by atoms with Crippen LogP contribution in [-0.2, 0) is 0 Å². The van der Waals surface area contributed by atoms with Crippen LogP contribution >= 0.6 is 11.8 Å². The third kappa shape index (κ3) is 3.37. The highest BCUT2D eigenvalue weighted by Crippen LogP contribution is 2.20. The Morgan fingerprint density at radius 1 is 1.44 bits per heavy atom. The molecule has 1 heterocycles. The number of nitrogens with one attached hydrogen (secondary N) is 1. The van der Waals surface area contributed by atoms with Gasteiger partial charge in [0.1, 0.15) is 10.8 Å². The van der Waals surface area contributed by atoms with Gasteiger partial charge < -0.3 is 10.4 Å². The first-order valence-electron chi connectivity index (χ1n) is 4.76. The normalized spacial score (nSPS) is 11.2. The fraction of sp³-hybridized carbons (Fsp3) is 0.500. The minimum absolute atomic E-state index is 0.175. The Balaban J connectivity index is 3.07. The maximum atomic E-state index is 11.0. The molecule has 0 unspecified atom stereocenters. The van der Waals surface area contributed by atoms with Crippen LogP contribution < -0.4 is 5.32 Å². The number of carboxylic acids is 1. The van der Waals surface area contributed by atoms with Crippen LogP contribution in [-0.4, -0.2) is 33.1 Å². The number of thioether (sulfide) groups is 1. The number of nitrogens with zero attached hydrogens (tertiary/aromatic N) is 2. The molecule has 0 fully saturated rings. The molecule has 0 aliphatic carbocycles. The summed E-state index contributed by atoms with van der Waals surface area (Å²) in [5, 5.41) is 20.3. The first-order valence-corrected chi connectivity index (χ1v) is 5.99. The van der Waals surface area contributed by atoms with Crippen molar-refractivity contribution in [2.45, 2.75) is 31.3 Å². The summed E-state index contributed by atoms with van der Waals surface area (Å²) >= 11 is 1.27. The van der Waals surface area contributed by atoms with Crippen LogP contribution in [0.25, 0.3) is 0 Å². The number of carboxylic acid groups (broad SMARTS) is 1. The minimum Gasteiger partial charge on any atom is -0.478 e. The fourth-order valence-electron chi connectivity index (χ4n) is 1.13. The van der Waals surface area contributed by atoms with Gasteiger partial charge in [0.25, 0.3) is 0 Å². The third-order valence-electron chi connectivity index (χ3n) is 1.69. The van der Waals surface area contributed by atoms with Gasteiger partial charge in [-0.15, -0.1) is 22.0 Å². The fourth-order valence-corrected chi connectivity index (χ4v) is 1.62. The van der Waals surface area contributed by atoms with E-state index in [9.17, 15) is 4.79 Å². The Bertz CT molecular complexity index is 402. The molecule has 16 heavy (non-hydrogen) atoms. The van der Waals surface area contributed by atoms with Gasteiger partial charge in [-0.1, -0.05) is 0 Å². The van der Waals surface area contributed by atoms with Gasteiger partial charge in [0.05, 0.1) is 5.56 Å². The summed E-state index contributed by atoms with van der Waals surface area (Å²) < 4.78 is 0. The Labute approximate surface area is 98.7 Å². The average Bonchev–Trinajstić information content (AvgIpc) is 2.15. The number of anilines is 1. The van der Waals surface area contributed by atoms with E-state index in [0.717, 1.165) is 0 Å². The van der Waals surface area contributed by atoms with Crippen LogP contribution in [0.5, 0.6) is 0 Å². The lowest BCUT2D eigenvalue weighted by atomic mass is 10.1. The summed E-state index contributed by atoms with van der Waals surface area (Å²) in [6, 6.07) is 1.51. The predicted molar refractivity (Wildman–Crippen MR) is 64.1 cm³/mol. The van der Waals surface area contributed by atoms with Gasteiger partial charge >= 0.3 is 5.97 Å². The standard InChI is InChI=1S/C10H15N3O2S/c1-10(2,3)11-7-5-6(9(14)15)8(16-4)13-12-7/h5H,1-4H3,(H,11,12)(H,14,15). The van der Waals surface area contributed by atoms with Gasteiger partial charge in [-0.05, 0) is 33.1 Å². The maximum Gasteiger partial charge on any atom is 0.338 e. The molecule has 0 saturated heterocycles. The van der Waals surface area contributed by atoms with E-state index in [-0.39, 0.29) is 11.1 Å². The first-order chi connectivity index (χ1) is 7.33. The van der Waals surface area contributed by atoms with E-state index in [4.69, 9.17) is 5.11 Å². The van der Waals surface area contributed by atoms with Crippen LogP contribution in [0.1, 0.15) is 31.1 Å². The first kappa shape index (κ1) is 12.8. The quantitative estimate of drug-likeness (QED) is 0.789. The molecular formula is C10H15N3O2S. The second-order valence-electron chi connectivity index (χ2n) is 4.33. The summed E-state index contributed by atoms with van der Waals surface area (Å²) in [7, 11) is 0. The van der Waals surface area contributed by atoms with Gasteiger partial charge in [0.15, 0.2) is 0 Å². The molecular weight excluding hydrogens is 226 g/mol. The second kappa shape index (κ2) is 4.69. The third-order valence-corrected chi connectivity index (χ3v) is 2.38.